The smallest absolute Gasteiger partial charge is 0.343 e. The van der Waals surface area contributed by atoms with Crippen LogP contribution < -0.4 is 5.43 Å². The number of hydrogen-bond acceptors (Lipinski definition) is 4. The van der Waals surface area contributed by atoms with Crippen LogP contribution in [0, 0.1) is 0 Å². The minimum Gasteiger partial charge on any atom is -0.462 e. The molecule has 2 aromatic heterocycles. The topological polar surface area (TPSA) is 87.8 Å². The minimum atomic E-state index is -0.623. The highest BCUT2D eigenvalue weighted by molar-refractivity contribution is 5.92. The molecule has 0 aliphatic heterocycles. The summed E-state index contributed by atoms with van der Waals surface area (Å²) in [7, 11) is 0. The van der Waals surface area contributed by atoms with Gasteiger partial charge in [-0.25, -0.2) is 4.79 Å². The molecule has 2 rings (SSSR count). The van der Waals surface area contributed by atoms with Crippen LogP contribution in [0.1, 0.15) is 17.3 Å². The first-order chi connectivity index (χ1) is 7.24. The fourth-order valence-corrected chi connectivity index (χ4v) is 1.28. The number of aromatic nitrogens is 3. The van der Waals surface area contributed by atoms with Crippen LogP contribution in [0.4, 0.5) is 0 Å². The Bertz CT molecular complexity index is 555. The van der Waals surface area contributed by atoms with E-state index in [9.17, 15) is 9.59 Å². The second-order valence-corrected chi connectivity index (χ2v) is 2.91. The standard InChI is InChI=1S/C9H9N3O3/c1-2-15-9(14)6-3-10-8-5(7(6)13)4-11-12-8/h3-4H,2H2,1H3,(H2,10,11,12,13). The molecule has 0 atom stereocenters. The van der Waals surface area contributed by atoms with Crippen LogP contribution in [-0.4, -0.2) is 27.8 Å². The molecule has 6 heteroatoms. The maximum atomic E-state index is 11.7. The lowest BCUT2D eigenvalue weighted by Crippen LogP contribution is -2.17. The summed E-state index contributed by atoms with van der Waals surface area (Å²) in [6.07, 6.45) is 2.69. The third kappa shape index (κ3) is 1.50. The van der Waals surface area contributed by atoms with E-state index in [1.165, 1.54) is 12.4 Å². The molecule has 2 heterocycles. The quantitative estimate of drug-likeness (QED) is 0.699. The van der Waals surface area contributed by atoms with Gasteiger partial charge in [0.1, 0.15) is 11.2 Å². The molecule has 6 nitrogen and oxygen atoms in total. The van der Waals surface area contributed by atoms with Gasteiger partial charge >= 0.3 is 5.97 Å². The Balaban J connectivity index is 2.57. The summed E-state index contributed by atoms with van der Waals surface area (Å²) in [4.78, 5) is 25.8. The molecule has 0 amide bonds. The summed E-state index contributed by atoms with van der Waals surface area (Å²) in [6.45, 7) is 1.92. The van der Waals surface area contributed by atoms with Gasteiger partial charge in [0.25, 0.3) is 0 Å². The predicted molar refractivity (Wildman–Crippen MR) is 52.7 cm³/mol. The van der Waals surface area contributed by atoms with Gasteiger partial charge in [-0.15, -0.1) is 0 Å². The van der Waals surface area contributed by atoms with Crippen molar-refractivity contribution in [2.45, 2.75) is 6.92 Å². The Labute approximate surface area is 84.3 Å². The zero-order chi connectivity index (χ0) is 10.8. The monoisotopic (exact) mass is 207 g/mol. The predicted octanol–water partition coefficient (Wildman–Crippen LogP) is 0.428. The fourth-order valence-electron chi connectivity index (χ4n) is 1.28. The van der Waals surface area contributed by atoms with Crippen LogP contribution >= 0.6 is 0 Å². The van der Waals surface area contributed by atoms with Crippen molar-refractivity contribution in [2.24, 2.45) is 0 Å². The van der Waals surface area contributed by atoms with Gasteiger partial charge in [-0.2, -0.15) is 5.10 Å². The van der Waals surface area contributed by atoms with Crippen molar-refractivity contribution in [2.75, 3.05) is 6.61 Å². The first kappa shape index (κ1) is 9.45. The molecule has 0 bridgehead atoms. The summed E-state index contributed by atoms with van der Waals surface area (Å²) in [5, 5.41) is 6.65. The number of hydrogen-bond donors (Lipinski definition) is 2. The number of carbonyl (C=O) groups is 1. The molecule has 0 aliphatic carbocycles. The van der Waals surface area contributed by atoms with Crippen molar-refractivity contribution in [1.82, 2.24) is 15.2 Å². The number of pyridine rings is 1. The first-order valence-corrected chi connectivity index (χ1v) is 4.46. The van der Waals surface area contributed by atoms with Crippen molar-refractivity contribution >= 4 is 17.0 Å². The second-order valence-electron chi connectivity index (χ2n) is 2.91. The highest BCUT2D eigenvalue weighted by atomic mass is 16.5. The molecule has 0 aliphatic rings. The molecule has 0 fully saturated rings. The van der Waals surface area contributed by atoms with E-state index >= 15 is 0 Å². The molecular formula is C9H9N3O3. The van der Waals surface area contributed by atoms with Crippen LogP contribution in [0.2, 0.25) is 0 Å². The van der Waals surface area contributed by atoms with E-state index in [1.807, 2.05) is 0 Å². The molecular weight excluding hydrogens is 198 g/mol. The highest BCUT2D eigenvalue weighted by Crippen LogP contribution is 2.03. The average Bonchev–Trinajstić information content (AvgIpc) is 2.67. The molecule has 0 saturated heterocycles. The van der Waals surface area contributed by atoms with Crippen LogP contribution in [0.3, 0.4) is 0 Å². The lowest BCUT2D eigenvalue weighted by Gasteiger charge is -2.00. The average molecular weight is 207 g/mol. The second kappa shape index (κ2) is 3.56. The lowest BCUT2D eigenvalue weighted by atomic mass is 10.2. The summed E-state index contributed by atoms with van der Waals surface area (Å²) in [5.74, 6) is -0.623. The number of ether oxygens (including phenoxy) is 1. The molecule has 0 radical (unpaired) electrons. The summed E-state index contributed by atoms with van der Waals surface area (Å²) < 4.78 is 4.74. The largest absolute Gasteiger partial charge is 0.462 e. The van der Waals surface area contributed by atoms with Gasteiger partial charge in [0.2, 0.25) is 5.43 Å². The zero-order valence-corrected chi connectivity index (χ0v) is 8.03. The Morgan fingerprint density at radius 2 is 2.40 bits per heavy atom. The van der Waals surface area contributed by atoms with Gasteiger partial charge in [-0.1, -0.05) is 0 Å². The Morgan fingerprint density at radius 1 is 1.60 bits per heavy atom. The molecule has 78 valence electrons. The number of rotatable bonds is 2. The van der Waals surface area contributed by atoms with Gasteiger partial charge in [-0.05, 0) is 6.92 Å². The van der Waals surface area contributed by atoms with Crippen molar-refractivity contribution in [3.8, 4) is 0 Å². The number of H-pyrrole nitrogens is 2. The van der Waals surface area contributed by atoms with Crippen LogP contribution in [-0.2, 0) is 4.74 Å². The summed E-state index contributed by atoms with van der Waals surface area (Å²) >= 11 is 0. The van der Waals surface area contributed by atoms with E-state index in [0.29, 0.717) is 11.0 Å². The van der Waals surface area contributed by atoms with Crippen LogP contribution in [0.15, 0.2) is 17.2 Å². The molecule has 0 spiro atoms. The van der Waals surface area contributed by atoms with E-state index in [2.05, 4.69) is 15.2 Å². The Morgan fingerprint density at radius 3 is 3.13 bits per heavy atom. The molecule has 0 unspecified atom stereocenters. The third-order valence-corrected chi connectivity index (χ3v) is 1.98. The van der Waals surface area contributed by atoms with E-state index < -0.39 is 5.97 Å². The maximum Gasteiger partial charge on any atom is 0.343 e. The van der Waals surface area contributed by atoms with E-state index in [0.717, 1.165) is 0 Å². The number of carbonyl (C=O) groups excluding carboxylic acids is 1. The third-order valence-electron chi connectivity index (χ3n) is 1.98. The number of nitrogens with zero attached hydrogens (tertiary/aromatic N) is 1. The molecule has 0 saturated carbocycles. The fraction of sp³-hybridized carbons (Fsp3) is 0.222. The Kier molecular flexibility index (Phi) is 2.24. The summed E-state index contributed by atoms with van der Waals surface area (Å²) in [5.41, 5.74) is 0.106. The van der Waals surface area contributed by atoms with Crippen LogP contribution in [0.25, 0.3) is 11.0 Å². The molecule has 2 aromatic rings. The first-order valence-electron chi connectivity index (χ1n) is 4.46. The van der Waals surface area contributed by atoms with Gasteiger partial charge in [0.15, 0.2) is 0 Å². The normalized spacial score (nSPS) is 10.5. The molecule has 15 heavy (non-hydrogen) atoms. The van der Waals surface area contributed by atoms with E-state index in [4.69, 9.17) is 4.74 Å². The highest BCUT2D eigenvalue weighted by Gasteiger charge is 2.14. The van der Waals surface area contributed by atoms with Gasteiger partial charge in [-0.3, -0.25) is 9.89 Å². The maximum absolute atomic E-state index is 11.7. The summed E-state index contributed by atoms with van der Waals surface area (Å²) in [6, 6.07) is 0. The number of fused-ring (bicyclic) bond motifs is 1. The Hall–Kier alpha value is -2.11. The SMILES string of the molecule is CCOC(=O)c1c[nH]c2[nH]ncc2c1=O. The molecule has 2 N–H and O–H groups in total. The van der Waals surface area contributed by atoms with Gasteiger partial charge in [0.05, 0.1) is 18.2 Å². The van der Waals surface area contributed by atoms with Crippen molar-refractivity contribution in [3.05, 3.63) is 28.2 Å². The van der Waals surface area contributed by atoms with Crippen molar-refractivity contribution in [3.63, 3.8) is 0 Å². The minimum absolute atomic E-state index is 0.00856. The number of nitrogens with one attached hydrogen (secondary N) is 2. The van der Waals surface area contributed by atoms with Crippen molar-refractivity contribution < 1.29 is 9.53 Å². The number of aromatic amines is 2. The lowest BCUT2D eigenvalue weighted by molar-refractivity contribution is 0.0524. The van der Waals surface area contributed by atoms with E-state index in [-0.39, 0.29) is 17.6 Å². The zero-order valence-electron chi connectivity index (χ0n) is 8.03. The van der Waals surface area contributed by atoms with Gasteiger partial charge in [0, 0.05) is 6.20 Å². The van der Waals surface area contributed by atoms with Crippen molar-refractivity contribution in [1.29, 1.82) is 0 Å². The van der Waals surface area contributed by atoms with E-state index in [1.54, 1.807) is 6.92 Å². The molecule has 0 aromatic carbocycles. The number of esters is 1. The van der Waals surface area contributed by atoms with Crippen LogP contribution in [0.5, 0.6) is 0 Å². The van der Waals surface area contributed by atoms with Gasteiger partial charge < -0.3 is 9.72 Å².